The number of Topliss-reactive ketones (excluding diaryl/α,β-unsaturated/α-hetero) is 1. The van der Waals surface area contributed by atoms with Gasteiger partial charge in [-0.05, 0) is 50.4 Å². The standard InChI is InChI=1S/C29H41N7O6/c1-2-6-19-11-14-36(25(19)29(42)32-16-22(37)27(40)34-20-9-10-20)23(38)17-33-28(41)24(18-7-4-3-5-8-18)35-26(39)21-15-30-12-13-31-21/h12-13,15,18-20,24-25H,2-11,14,16-17H2,1H3,(H,32,42)(H,33,41)(H,34,40)(H,35,39)/t19-,24?,25?/m0/s1. The summed E-state index contributed by atoms with van der Waals surface area (Å²) >= 11 is 0. The first-order valence-electron chi connectivity index (χ1n) is 15.0. The Labute approximate surface area is 245 Å². The molecule has 42 heavy (non-hydrogen) atoms. The summed E-state index contributed by atoms with van der Waals surface area (Å²) in [6.07, 6.45) is 12.5. The number of carbonyl (C=O) groups is 6. The fourth-order valence-electron chi connectivity index (χ4n) is 5.88. The maximum atomic E-state index is 13.3. The molecule has 2 saturated carbocycles. The predicted molar refractivity (Wildman–Crippen MR) is 151 cm³/mol. The van der Waals surface area contributed by atoms with Gasteiger partial charge < -0.3 is 26.2 Å². The van der Waals surface area contributed by atoms with Gasteiger partial charge in [0, 0.05) is 25.0 Å². The van der Waals surface area contributed by atoms with Crippen molar-refractivity contribution in [2.24, 2.45) is 11.8 Å². The van der Waals surface area contributed by atoms with E-state index in [-0.39, 0.29) is 30.1 Å². The quantitative estimate of drug-likeness (QED) is 0.239. The molecule has 1 aromatic heterocycles. The molecule has 0 aromatic carbocycles. The van der Waals surface area contributed by atoms with Gasteiger partial charge in [-0.1, -0.05) is 32.6 Å². The van der Waals surface area contributed by atoms with Gasteiger partial charge in [0.15, 0.2) is 0 Å². The molecule has 4 rings (SSSR count). The summed E-state index contributed by atoms with van der Waals surface area (Å²) in [6, 6.07) is -1.62. The molecule has 3 aliphatic rings. The lowest BCUT2D eigenvalue weighted by Gasteiger charge is -2.30. The van der Waals surface area contributed by atoms with Crippen molar-refractivity contribution in [3.8, 4) is 0 Å². The van der Waals surface area contributed by atoms with E-state index in [1.807, 2.05) is 6.92 Å². The Morgan fingerprint density at radius 3 is 2.38 bits per heavy atom. The molecule has 0 spiro atoms. The van der Waals surface area contributed by atoms with E-state index in [2.05, 4.69) is 31.2 Å². The van der Waals surface area contributed by atoms with Gasteiger partial charge in [0.1, 0.15) is 17.8 Å². The van der Waals surface area contributed by atoms with Crippen molar-refractivity contribution in [1.82, 2.24) is 36.1 Å². The van der Waals surface area contributed by atoms with E-state index < -0.39 is 53.9 Å². The second-order valence-electron chi connectivity index (χ2n) is 11.4. The smallest absolute Gasteiger partial charge is 0.289 e. The summed E-state index contributed by atoms with van der Waals surface area (Å²) < 4.78 is 0. The third kappa shape index (κ3) is 8.32. The summed E-state index contributed by atoms with van der Waals surface area (Å²) in [7, 11) is 0. The molecule has 3 atom stereocenters. The number of amides is 5. The first-order valence-corrected chi connectivity index (χ1v) is 15.0. The Kier molecular flexibility index (Phi) is 11.0. The summed E-state index contributed by atoms with van der Waals surface area (Å²) in [5, 5.41) is 10.6. The Balaban J connectivity index is 1.36. The van der Waals surface area contributed by atoms with Gasteiger partial charge in [-0.15, -0.1) is 0 Å². The molecule has 5 amide bonds. The van der Waals surface area contributed by atoms with Crippen LogP contribution in [0.1, 0.15) is 81.6 Å². The second kappa shape index (κ2) is 14.8. The lowest BCUT2D eigenvalue weighted by Crippen LogP contribution is -2.55. The van der Waals surface area contributed by atoms with Crippen LogP contribution in [-0.4, -0.2) is 87.9 Å². The molecule has 0 bridgehead atoms. The van der Waals surface area contributed by atoms with Crippen molar-refractivity contribution in [2.45, 2.75) is 89.3 Å². The molecule has 1 aliphatic heterocycles. The van der Waals surface area contributed by atoms with Crippen LogP contribution in [0.5, 0.6) is 0 Å². The third-order valence-corrected chi connectivity index (χ3v) is 8.26. The maximum absolute atomic E-state index is 13.3. The van der Waals surface area contributed by atoms with Crippen molar-refractivity contribution >= 4 is 35.3 Å². The third-order valence-electron chi connectivity index (χ3n) is 8.26. The molecule has 13 nitrogen and oxygen atoms in total. The SMILES string of the molecule is CCC[C@H]1CCN(C(=O)CNC(=O)C(NC(=O)c2cnccn2)C2CCCCC2)C1C(=O)NCC(=O)C(=O)NC1CC1. The molecule has 2 unspecified atom stereocenters. The van der Waals surface area contributed by atoms with Gasteiger partial charge in [-0.2, -0.15) is 0 Å². The zero-order valence-corrected chi connectivity index (χ0v) is 24.1. The number of ketones is 1. The number of aromatic nitrogens is 2. The monoisotopic (exact) mass is 583 g/mol. The Bertz CT molecular complexity index is 1150. The van der Waals surface area contributed by atoms with Crippen molar-refractivity contribution in [1.29, 1.82) is 0 Å². The van der Waals surface area contributed by atoms with E-state index in [1.54, 1.807) is 0 Å². The predicted octanol–water partition coefficient (Wildman–Crippen LogP) is 0.253. The van der Waals surface area contributed by atoms with Crippen LogP contribution >= 0.6 is 0 Å². The minimum Gasteiger partial charge on any atom is -0.347 e. The lowest BCUT2D eigenvalue weighted by molar-refractivity contribution is -0.141. The van der Waals surface area contributed by atoms with Crippen molar-refractivity contribution in [2.75, 3.05) is 19.6 Å². The van der Waals surface area contributed by atoms with Crippen LogP contribution < -0.4 is 21.3 Å². The molecule has 3 fully saturated rings. The zero-order chi connectivity index (χ0) is 30.1. The number of hydrogen-bond acceptors (Lipinski definition) is 8. The van der Waals surface area contributed by atoms with E-state index >= 15 is 0 Å². The van der Waals surface area contributed by atoms with Gasteiger partial charge >= 0.3 is 0 Å². The van der Waals surface area contributed by atoms with Gasteiger partial charge in [0.2, 0.25) is 23.5 Å². The van der Waals surface area contributed by atoms with E-state index in [0.717, 1.165) is 51.4 Å². The summed E-state index contributed by atoms with van der Waals surface area (Å²) in [6.45, 7) is 1.55. The molecule has 2 aliphatic carbocycles. The summed E-state index contributed by atoms with van der Waals surface area (Å²) in [5.74, 6) is -3.54. The van der Waals surface area contributed by atoms with Gasteiger partial charge in [0.05, 0.1) is 19.3 Å². The minimum atomic E-state index is -0.842. The van der Waals surface area contributed by atoms with Gasteiger partial charge in [-0.3, -0.25) is 33.8 Å². The second-order valence-corrected chi connectivity index (χ2v) is 11.4. The number of hydrogen-bond donors (Lipinski definition) is 4. The van der Waals surface area contributed by atoms with Crippen LogP contribution in [0, 0.1) is 11.8 Å². The lowest BCUT2D eigenvalue weighted by atomic mass is 9.83. The van der Waals surface area contributed by atoms with E-state index in [4.69, 9.17) is 0 Å². The molecular weight excluding hydrogens is 542 g/mol. The average Bonchev–Trinajstić information content (AvgIpc) is 3.73. The zero-order valence-electron chi connectivity index (χ0n) is 24.1. The van der Waals surface area contributed by atoms with Gasteiger partial charge in [0.25, 0.3) is 11.8 Å². The Morgan fingerprint density at radius 1 is 0.952 bits per heavy atom. The highest BCUT2D eigenvalue weighted by Gasteiger charge is 2.42. The molecule has 228 valence electrons. The van der Waals surface area contributed by atoms with E-state index in [1.165, 1.54) is 23.5 Å². The number of nitrogens with one attached hydrogen (secondary N) is 4. The van der Waals surface area contributed by atoms with E-state index in [0.29, 0.717) is 19.4 Å². The molecule has 1 saturated heterocycles. The topological polar surface area (TPSA) is 180 Å². The summed E-state index contributed by atoms with van der Waals surface area (Å²) in [4.78, 5) is 86.2. The number of nitrogens with zero attached hydrogens (tertiary/aromatic N) is 3. The van der Waals surface area contributed by atoms with E-state index in [9.17, 15) is 28.8 Å². The van der Waals surface area contributed by atoms with Crippen molar-refractivity contribution < 1.29 is 28.8 Å². The Hall–Kier alpha value is -3.90. The van der Waals surface area contributed by atoms with Crippen molar-refractivity contribution in [3.05, 3.63) is 24.3 Å². The molecule has 1 aromatic rings. The fraction of sp³-hybridized carbons (Fsp3) is 0.655. The summed E-state index contributed by atoms with van der Waals surface area (Å²) in [5.41, 5.74) is 0.0959. The minimum absolute atomic E-state index is 0.0299. The number of carbonyl (C=O) groups excluding carboxylic acids is 6. The molecule has 13 heteroatoms. The van der Waals surface area contributed by atoms with Gasteiger partial charge in [-0.25, -0.2) is 4.98 Å². The van der Waals surface area contributed by atoms with Crippen LogP contribution in [0.4, 0.5) is 0 Å². The first kappa shape index (κ1) is 31.0. The number of likely N-dealkylation sites (tertiary alicyclic amines) is 1. The average molecular weight is 584 g/mol. The molecular formula is C29H41N7O6. The molecule has 0 radical (unpaired) electrons. The highest BCUT2D eigenvalue weighted by atomic mass is 16.2. The largest absolute Gasteiger partial charge is 0.347 e. The van der Waals surface area contributed by atoms with Crippen LogP contribution in [0.25, 0.3) is 0 Å². The number of rotatable bonds is 13. The normalized spacial score (nSPS) is 21.2. The molecule has 4 N–H and O–H groups in total. The maximum Gasteiger partial charge on any atom is 0.289 e. The van der Waals surface area contributed by atoms with Crippen LogP contribution in [0.3, 0.4) is 0 Å². The van der Waals surface area contributed by atoms with Crippen LogP contribution in [-0.2, 0) is 24.0 Å². The fourth-order valence-corrected chi connectivity index (χ4v) is 5.88. The first-order chi connectivity index (χ1) is 20.3. The Morgan fingerprint density at radius 2 is 1.71 bits per heavy atom. The van der Waals surface area contributed by atoms with Crippen molar-refractivity contribution in [3.63, 3.8) is 0 Å². The molecule has 2 heterocycles. The van der Waals surface area contributed by atoms with Crippen LogP contribution in [0.2, 0.25) is 0 Å². The van der Waals surface area contributed by atoms with Crippen LogP contribution in [0.15, 0.2) is 18.6 Å². The highest BCUT2D eigenvalue weighted by molar-refractivity contribution is 6.37. The highest BCUT2D eigenvalue weighted by Crippen LogP contribution is 2.29.